The molecule has 0 aromatic rings. The molecule has 11 atom stereocenters. The van der Waals surface area contributed by atoms with Crippen molar-refractivity contribution in [3.63, 3.8) is 0 Å². The average molecular weight is 561 g/mol. The Morgan fingerprint density at radius 1 is 0.900 bits per heavy atom. The van der Waals surface area contributed by atoms with E-state index in [0.29, 0.717) is 11.8 Å². The number of rotatable bonds is 3. The van der Waals surface area contributed by atoms with Gasteiger partial charge in [-0.15, -0.1) is 0 Å². The van der Waals surface area contributed by atoms with Crippen LogP contribution >= 0.6 is 0 Å². The van der Waals surface area contributed by atoms with Crippen molar-refractivity contribution < 1.29 is 34.4 Å². The van der Waals surface area contributed by atoms with E-state index in [4.69, 9.17) is 9.47 Å². The SMILES string of the molecule is CC(=O)OC1CCC2(C)C(CCC3(C)C2CC=C2C4CC(O)(CO)C(O)C(OC(C)=O)C4(C)CCC23C)C1(C)C. The third-order valence-corrected chi connectivity index (χ3v) is 13.7. The lowest BCUT2D eigenvalue weighted by atomic mass is 9.33. The van der Waals surface area contributed by atoms with Crippen LogP contribution in [0.15, 0.2) is 11.6 Å². The molecule has 0 radical (unpaired) electrons. The number of fused-ring (bicyclic) bond motifs is 7. The first-order valence-electron chi connectivity index (χ1n) is 15.5. The molecule has 0 bridgehead atoms. The van der Waals surface area contributed by atoms with Gasteiger partial charge in [0.25, 0.3) is 0 Å². The summed E-state index contributed by atoms with van der Waals surface area (Å²) in [6.07, 6.45) is 7.07. The van der Waals surface area contributed by atoms with E-state index in [0.717, 1.165) is 44.9 Å². The Morgan fingerprint density at radius 2 is 1.55 bits per heavy atom. The van der Waals surface area contributed by atoms with Crippen LogP contribution in [-0.4, -0.2) is 57.8 Å². The molecule has 0 aromatic carbocycles. The number of aliphatic hydroxyl groups excluding tert-OH is 2. The van der Waals surface area contributed by atoms with Crippen LogP contribution in [0.25, 0.3) is 0 Å². The molecule has 0 amide bonds. The van der Waals surface area contributed by atoms with Crippen LogP contribution in [0, 0.1) is 44.8 Å². The Balaban J connectivity index is 1.55. The minimum absolute atomic E-state index is 0.0261. The number of carbonyl (C=O) groups excluding carboxylic acids is 2. The molecular formula is C33H52O7. The number of hydrogen-bond donors (Lipinski definition) is 3. The van der Waals surface area contributed by atoms with Gasteiger partial charge in [-0.05, 0) is 85.4 Å². The molecule has 40 heavy (non-hydrogen) atoms. The van der Waals surface area contributed by atoms with Crippen LogP contribution < -0.4 is 0 Å². The number of carbonyl (C=O) groups is 2. The maximum Gasteiger partial charge on any atom is 0.303 e. The molecule has 4 saturated carbocycles. The van der Waals surface area contributed by atoms with Crippen molar-refractivity contribution in [3.05, 3.63) is 11.6 Å². The standard InChI is InChI=1S/C33H52O7/c1-19(35)39-25-12-13-30(6)23(28(25,3)4)11-14-32(8)24(30)10-9-21-22-17-33(38,18-34)26(37)27(40-20(2)36)29(22,5)15-16-31(21,32)7/h9,22-27,34,37-38H,10-18H2,1-8H3. The van der Waals surface area contributed by atoms with Crippen molar-refractivity contribution in [2.45, 2.75) is 131 Å². The predicted octanol–water partition coefficient (Wildman–Crippen LogP) is 4.95. The summed E-state index contributed by atoms with van der Waals surface area (Å²) in [4.78, 5) is 24.1. The maximum absolute atomic E-state index is 12.1. The van der Waals surface area contributed by atoms with Crippen LogP contribution in [0.5, 0.6) is 0 Å². The zero-order valence-electron chi connectivity index (χ0n) is 25.9. The van der Waals surface area contributed by atoms with Crippen LogP contribution in [0.4, 0.5) is 0 Å². The van der Waals surface area contributed by atoms with Gasteiger partial charge in [-0.3, -0.25) is 9.59 Å². The second-order valence-electron chi connectivity index (χ2n) is 15.8. The first-order chi connectivity index (χ1) is 18.4. The van der Waals surface area contributed by atoms with Gasteiger partial charge in [0.15, 0.2) is 0 Å². The summed E-state index contributed by atoms with van der Waals surface area (Å²) in [5, 5.41) is 32.9. The summed E-state index contributed by atoms with van der Waals surface area (Å²) in [5.41, 5.74) is -1.05. The largest absolute Gasteiger partial charge is 0.462 e. The number of hydrogen-bond acceptors (Lipinski definition) is 7. The summed E-state index contributed by atoms with van der Waals surface area (Å²) in [6.45, 7) is 16.3. The van der Waals surface area contributed by atoms with E-state index in [1.807, 2.05) is 0 Å². The van der Waals surface area contributed by atoms with Crippen LogP contribution in [-0.2, 0) is 19.1 Å². The topological polar surface area (TPSA) is 113 Å². The maximum atomic E-state index is 12.1. The molecular weight excluding hydrogens is 508 g/mol. The van der Waals surface area contributed by atoms with Gasteiger partial charge in [0.2, 0.25) is 0 Å². The Hall–Kier alpha value is -1.44. The second-order valence-corrected chi connectivity index (χ2v) is 15.8. The minimum Gasteiger partial charge on any atom is -0.462 e. The van der Waals surface area contributed by atoms with Crippen LogP contribution in [0.3, 0.4) is 0 Å². The monoisotopic (exact) mass is 560 g/mol. The third kappa shape index (κ3) is 3.85. The smallest absolute Gasteiger partial charge is 0.303 e. The van der Waals surface area contributed by atoms with Gasteiger partial charge < -0.3 is 24.8 Å². The van der Waals surface area contributed by atoms with E-state index in [1.54, 1.807) is 0 Å². The van der Waals surface area contributed by atoms with Crippen molar-refractivity contribution in [1.82, 2.24) is 0 Å². The Bertz CT molecular complexity index is 1100. The normalized spacial score (nSPS) is 51.2. The Labute approximate surface area is 240 Å². The number of ether oxygens (including phenoxy) is 2. The molecule has 3 N–H and O–H groups in total. The molecule has 5 rings (SSSR count). The second kappa shape index (κ2) is 9.28. The van der Waals surface area contributed by atoms with E-state index < -0.39 is 35.8 Å². The lowest BCUT2D eigenvalue weighted by Crippen LogP contribution is -2.69. The first-order valence-corrected chi connectivity index (χ1v) is 15.5. The molecule has 0 aliphatic heterocycles. The third-order valence-electron chi connectivity index (χ3n) is 13.7. The molecule has 7 nitrogen and oxygen atoms in total. The van der Waals surface area contributed by atoms with E-state index in [2.05, 4.69) is 47.6 Å². The van der Waals surface area contributed by atoms with Gasteiger partial charge in [-0.2, -0.15) is 0 Å². The Kier molecular flexibility index (Phi) is 6.97. The molecule has 4 fully saturated rings. The van der Waals surface area contributed by atoms with Gasteiger partial charge in [-0.25, -0.2) is 0 Å². The summed E-state index contributed by atoms with van der Waals surface area (Å²) >= 11 is 0. The molecule has 5 aliphatic rings. The zero-order chi connectivity index (χ0) is 29.7. The van der Waals surface area contributed by atoms with Crippen molar-refractivity contribution in [2.24, 2.45) is 44.8 Å². The molecule has 0 spiro atoms. The summed E-state index contributed by atoms with van der Waals surface area (Å²) in [6, 6.07) is 0. The highest BCUT2D eigenvalue weighted by molar-refractivity contribution is 5.66. The molecule has 0 aromatic heterocycles. The van der Waals surface area contributed by atoms with Crippen molar-refractivity contribution in [1.29, 1.82) is 0 Å². The molecule has 0 saturated heterocycles. The quantitative estimate of drug-likeness (QED) is 0.331. The minimum atomic E-state index is -1.73. The van der Waals surface area contributed by atoms with E-state index in [-0.39, 0.29) is 46.1 Å². The lowest BCUT2D eigenvalue weighted by Gasteiger charge is -2.71. The summed E-state index contributed by atoms with van der Waals surface area (Å²) in [7, 11) is 0. The molecule has 5 aliphatic carbocycles. The zero-order valence-corrected chi connectivity index (χ0v) is 25.9. The summed E-state index contributed by atoms with van der Waals surface area (Å²) < 4.78 is 11.6. The predicted molar refractivity (Wildman–Crippen MR) is 151 cm³/mol. The van der Waals surface area contributed by atoms with Gasteiger partial charge in [0, 0.05) is 24.7 Å². The highest BCUT2D eigenvalue weighted by atomic mass is 16.6. The van der Waals surface area contributed by atoms with Crippen LogP contribution in [0.2, 0.25) is 0 Å². The fourth-order valence-corrected chi connectivity index (χ4v) is 11.3. The molecule has 11 unspecified atom stereocenters. The van der Waals surface area contributed by atoms with E-state index in [1.165, 1.54) is 19.4 Å². The van der Waals surface area contributed by atoms with Crippen molar-refractivity contribution >= 4 is 11.9 Å². The van der Waals surface area contributed by atoms with Crippen molar-refractivity contribution in [2.75, 3.05) is 6.61 Å². The lowest BCUT2D eigenvalue weighted by molar-refractivity contribution is -0.249. The molecule has 226 valence electrons. The highest BCUT2D eigenvalue weighted by Gasteiger charge is 2.70. The number of allylic oxidation sites excluding steroid dienone is 2. The highest BCUT2D eigenvalue weighted by Crippen LogP contribution is 2.75. The van der Waals surface area contributed by atoms with E-state index in [9.17, 15) is 24.9 Å². The molecule has 0 heterocycles. The number of esters is 2. The summed E-state index contributed by atoms with van der Waals surface area (Å²) in [5.74, 6) is 0.113. The average Bonchev–Trinajstić information content (AvgIpc) is 2.85. The fraction of sp³-hybridized carbons (Fsp3) is 0.879. The molecule has 7 heteroatoms. The van der Waals surface area contributed by atoms with Gasteiger partial charge >= 0.3 is 11.9 Å². The van der Waals surface area contributed by atoms with E-state index >= 15 is 0 Å². The van der Waals surface area contributed by atoms with Gasteiger partial charge in [0.1, 0.15) is 23.9 Å². The van der Waals surface area contributed by atoms with Gasteiger partial charge in [0.05, 0.1) is 6.61 Å². The Morgan fingerprint density at radius 3 is 2.15 bits per heavy atom. The van der Waals surface area contributed by atoms with Crippen molar-refractivity contribution in [3.8, 4) is 0 Å². The van der Waals surface area contributed by atoms with Gasteiger partial charge in [-0.1, -0.05) is 53.2 Å². The first kappa shape index (κ1) is 30.0. The fourth-order valence-electron chi connectivity index (χ4n) is 11.3. The van der Waals surface area contributed by atoms with Crippen LogP contribution in [0.1, 0.15) is 107 Å². The number of aliphatic hydroxyl groups is 3.